The van der Waals surface area contributed by atoms with Crippen LogP contribution in [0.5, 0.6) is 0 Å². The molecule has 0 aliphatic carbocycles. The number of rotatable bonds is 7. The van der Waals surface area contributed by atoms with Crippen molar-refractivity contribution in [1.29, 1.82) is 0 Å². The van der Waals surface area contributed by atoms with Gasteiger partial charge in [0.15, 0.2) is 0 Å². The number of hydrogen-bond donors (Lipinski definition) is 1. The third-order valence-electron chi connectivity index (χ3n) is 2.67. The van der Waals surface area contributed by atoms with Gasteiger partial charge in [-0.15, -0.1) is 11.3 Å². The lowest BCUT2D eigenvalue weighted by atomic mass is 10.1. The van der Waals surface area contributed by atoms with E-state index in [1.165, 1.54) is 27.8 Å². The number of nitrogens with zero attached hydrogens (tertiary/aromatic N) is 1. The molecule has 0 radical (unpaired) electrons. The van der Waals surface area contributed by atoms with Crippen molar-refractivity contribution in [3.8, 4) is 0 Å². The molecule has 2 nitrogen and oxygen atoms in total. The first-order valence-corrected chi connectivity index (χ1v) is 9.12. The average molecular weight is 301 g/mol. The zero-order valence-corrected chi connectivity index (χ0v) is 14.8. The molecule has 0 saturated carbocycles. The highest BCUT2D eigenvalue weighted by Crippen LogP contribution is 2.28. The third kappa shape index (κ3) is 6.28. The monoisotopic (exact) mass is 300 g/mol. The summed E-state index contributed by atoms with van der Waals surface area (Å²) in [5.74, 6) is 2.80. The second-order valence-electron chi connectivity index (χ2n) is 6.23. The summed E-state index contributed by atoms with van der Waals surface area (Å²) in [6.07, 6.45) is 1.24. The molecule has 0 aromatic carbocycles. The molecule has 0 unspecified atom stereocenters. The topological polar surface area (TPSA) is 24.9 Å². The van der Waals surface area contributed by atoms with Crippen molar-refractivity contribution >= 4 is 23.1 Å². The van der Waals surface area contributed by atoms with Crippen molar-refractivity contribution in [3.05, 3.63) is 15.6 Å². The summed E-state index contributed by atoms with van der Waals surface area (Å²) in [5, 5.41) is 4.86. The molecule has 110 valence electrons. The van der Waals surface area contributed by atoms with Crippen LogP contribution in [0.1, 0.15) is 69.5 Å². The molecular formula is C15H28N2S2. The summed E-state index contributed by atoms with van der Waals surface area (Å²) >= 11 is 3.88. The zero-order valence-electron chi connectivity index (χ0n) is 13.2. The van der Waals surface area contributed by atoms with Crippen LogP contribution >= 0.6 is 23.1 Å². The van der Waals surface area contributed by atoms with E-state index in [4.69, 9.17) is 4.98 Å². The first-order valence-electron chi connectivity index (χ1n) is 7.14. The fourth-order valence-corrected chi connectivity index (χ4v) is 3.82. The summed E-state index contributed by atoms with van der Waals surface area (Å²) in [4.78, 5) is 6.25. The standard InChI is InChI=1S/C15H28N2S2/c1-7-8-18-10-13-17-14(11(2)3)12(19-13)9-16-15(4,5)6/h11,16H,7-10H2,1-6H3. The van der Waals surface area contributed by atoms with Crippen LogP contribution in [-0.4, -0.2) is 16.3 Å². The minimum absolute atomic E-state index is 0.162. The second kappa shape index (κ2) is 7.65. The maximum Gasteiger partial charge on any atom is 0.103 e. The predicted molar refractivity (Wildman–Crippen MR) is 89.2 cm³/mol. The van der Waals surface area contributed by atoms with Gasteiger partial charge < -0.3 is 5.32 Å². The molecule has 0 aliphatic rings. The average Bonchev–Trinajstić information content (AvgIpc) is 2.69. The van der Waals surface area contributed by atoms with Crippen LogP contribution in [0.3, 0.4) is 0 Å². The molecule has 0 spiro atoms. The number of thioether (sulfide) groups is 1. The Bertz CT molecular complexity index is 378. The fraction of sp³-hybridized carbons (Fsp3) is 0.800. The summed E-state index contributed by atoms with van der Waals surface area (Å²) < 4.78 is 0. The number of thiazole rings is 1. The Morgan fingerprint density at radius 1 is 1.32 bits per heavy atom. The maximum atomic E-state index is 4.84. The summed E-state index contributed by atoms with van der Waals surface area (Å²) in [6.45, 7) is 14.3. The predicted octanol–water partition coefficient (Wildman–Crippen LogP) is 4.80. The molecule has 0 amide bonds. The van der Waals surface area contributed by atoms with Gasteiger partial charge in [0.05, 0.1) is 5.69 Å². The Kier molecular flexibility index (Phi) is 6.84. The van der Waals surface area contributed by atoms with Gasteiger partial charge in [0.1, 0.15) is 5.01 Å². The van der Waals surface area contributed by atoms with Crippen LogP contribution in [0.2, 0.25) is 0 Å². The van der Waals surface area contributed by atoms with Crippen LogP contribution < -0.4 is 5.32 Å². The third-order valence-corrected chi connectivity index (χ3v) is 5.10. The highest BCUT2D eigenvalue weighted by Gasteiger charge is 2.16. The van der Waals surface area contributed by atoms with Gasteiger partial charge in [-0.05, 0) is 38.9 Å². The van der Waals surface area contributed by atoms with Crippen LogP contribution in [0.25, 0.3) is 0 Å². The van der Waals surface area contributed by atoms with Crippen molar-refractivity contribution in [3.63, 3.8) is 0 Å². The number of hydrogen-bond acceptors (Lipinski definition) is 4. The molecule has 0 aliphatic heterocycles. The molecule has 1 aromatic heterocycles. The SMILES string of the molecule is CCCSCc1nc(C(C)C)c(CNC(C)(C)C)s1. The van der Waals surface area contributed by atoms with Gasteiger partial charge in [0, 0.05) is 22.7 Å². The quantitative estimate of drug-likeness (QED) is 0.732. The summed E-state index contributed by atoms with van der Waals surface area (Å²) in [6, 6.07) is 0. The van der Waals surface area contributed by atoms with Gasteiger partial charge in [-0.2, -0.15) is 11.8 Å². The first kappa shape index (κ1) is 17.0. The fourth-order valence-electron chi connectivity index (χ4n) is 1.70. The molecular weight excluding hydrogens is 272 g/mol. The van der Waals surface area contributed by atoms with Gasteiger partial charge in [0.25, 0.3) is 0 Å². The summed E-state index contributed by atoms with van der Waals surface area (Å²) in [7, 11) is 0. The van der Waals surface area contributed by atoms with E-state index in [0.29, 0.717) is 5.92 Å². The minimum Gasteiger partial charge on any atom is -0.307 e. The molecule has 0 fully saturated rings. The lowest BCUT2D eigenvalue weighted by Crippen LogP contribution is -2.35. The lowest BCUT2D eigenvalue weighted by molar-refractivity contribution is 0.425. The van der Waals surface area contributed by atoms with Crippen molar-refractivity contribution in [2.75, 3.05) is 5.75 Å². The van der Waals surface area contributed by atoms with Gasteiger partial charge in [0.2, 0.25) is 0 Å². The second-order valence-corrected chi connectivity index (χ2v) is 8.50. The van der Waals surface area contributed by atoms with E-state index in [0.717, 1.165) is 12.3 Å². The minimum atomic E-state index is 0.162. The van der Waals surface area contributed by atoms with E-state index in [1.54, 1.807) is 0 Å². The summed E-state index contributed by atoms with van der Waals surface area (Å²) in [5.41, 5.74) is 1.45. The van der Waals surface area contributed by atoms with E-state index in [1.807, 2.05) is 23.1 Å². The van der Waals surface area contributed by atoms with Crippen LogP contribution in [0.4, 0.5) is 0 Å². The highest BCUT2D eigenvalue weighted by molar-refractivity contribution is 7.98. The van der Waals surface area contributed by atoms with E-state index in [9.17, 15) is 0 Å². The van der Waals surface area contributed by atoms with E-state index < -0.39 is 0 Å². The molecule has 0 saturated heterocycles. The van der Waals surface area contributed by atoms with Gasteiger partial charge >= 0.3 is 0 Å². The normalized spacial score (nSPS) is 12.4. The molecule has 19 heavy (non-hydrogen) atoms. The largest absolute Gasteiger partial charge is 0.307 e. The molecule has 0 atom stereocenters. The molecule has 0 bridgehead atoms. The van der Waals surface area contributed by atoms with E-state index in [2.05, 4.69) is 46.9 Å². The Morgan fingerprint density at radius 2 is 2.00 bits per heavy atom. The van der Waals surface area contributed by atoms with Crippen LogP contribution in [0.15, 0.2) is 0 Å². The van der Waals surface area contributed by atoms with Crippen LogP contribution in [-0.2, 0) is 12.3 Å². The molecule has 4 heteroatoms. The number of nitrogens with one attached hydrogen (secondary N) is 1. The molecule has 1 aromatic rings. The molecule has 1 N–H and O–H groups in total. The van der Waals surface area contributed by atoms with Crippen molar-refractivity contribution in [1.82, 2.24) is 10.3 Å². The Labute approximate surface area is 126 Å². The number of aromatic nitrogens is 1. The van der Waals surface area contributed by atoms with Crippen molar-refractivity contribution < 1.29 is 0 Å². The Balaban J connectivity index is 2.71. The first-order chi connectivity index (χ1) is 8.83. The van der Waals surface area contributed by atoms with E-state index >= 15 is 0 Å². The van der Waals surface area contributed by atoms with Crippen molar-refractivity contribution in [2.24, 2.45) is 0 Å². The van der Waals surface area contributed by atoms with Crippen LogP contribution in [0, 0.1) is 0 Å². The van der Waals surface area contributed by atoms with Crippen molar-refractivity contribution in [2.45, 2.75) is 71.7 Å². The Morgan fingerprint density at radius 3 is 2.53 bits per heavy atom. The maximum absolute atomic E-state index is 4.84. The Hall–Kier alpha value is -0.0600. The smallest absolute Gasteiger partial charge is 0.103 e. The lowest BCUT2D eigenvalue weighted by Gasteiger charge is -2.20. The van der Waals surface area contributed by atoms with Gasteiger partial charge in [-0.1, -0.05) is 20.8 Å². The molecule has 1 rings (SSSR count). The van der Waals surface area contributed by atoms with E-state index in [-0.39, 0.29) is 5.54 Å². The molecule has 1 heterocycles. The highest BCUT2D eigenvalue weighted by atomic mass is 32.2. The van der Waals surface area contributed by atoms with Gasteiger partial charge in [-0.3, -0.25) is 0 Å². The zero-order chi connectivity index (χ0) is 14.5. The van der Waals surface area contributed by atoms with Gasteiger partial charge in [-0.25, -0.2) is 4.98 Å².